The van der Waals surface area contributed by atoms with Gasteiger partial charge < -0.3 is 20.8 Å². The molecular weight excluding hydrogens is 244 g/mol. The number of carbonyl (C=O) groups is 1. The van der Waals surface area contributed by atoms with Gasteiger partial charge in [0, 0.05) is 18.8 Å². The van der Waals surface area contributed by atoms with Crippen LogP contribution in [0.4, 0.5) is 5.69 Å². The third kappa shape index (κ3) is 2.22. The van der Waals surface area contributed by atoms with E-state index < -0.39 is 12.2 Å². The highest BCUT2D eigenvalue weighted by Crippen LogP contribution is 2.25. The molecule has 0 bridgehead atoms. The Hall–Kier alpha value is -1.30. The standard InChI is InChI=1S/C11H13ClN2O3/c12-6-2-1-3-7(13)10(6)11(17)14-4-8(15)9(16)5-14/h1-3,8-9,15-16H,4-5,13H2/t8-,9+. The van der Waals surface area contributed by atoms with Gasteiger partial charge in [-0.25, -0.2) is 0 Å². The van der Waals surface area contributed by atoms with Gasteiger partial charge in [-0.3, -0.25) is 4.79 Å². The van der Waals surface area contributed by atoms with Crippen molar-refractivity contribution in [3.05, 3.63) is 28.8 Å². The molecule has 1 aliphatic heterocycles. The Kier molecular flexibility index (Phi) is 3.24. The number of halogens is 1. The van der Waals surface area contributed by atoms with Gasteiger partial charge in [0.1, 0.15) is 0 Å². The zero-order valence-electron chi connectivity index (χ0n) is 9.01. The first-order valence-electron chi connectivity index (χ1n) is 5.20. The molecule has 17 heavy (non-hydrogen) atoms. The molecular formula is C11H13ClN2O3. The summed E-state index contributed by atoms with van der Waals surface area (Å²) in [6.07, 6.45) is -1.83. The molecule has 92 valence electrons. The van der Waals surface area contributed by atoms with Crippen LogP contribution in [0.15, 0.2) is 18.2 Å². The molecule has 6 heteroatoms. The average molecular weight is 257 g/mol. The van der Waals surface area contributed by atoms with Gasteiger partial charge in [-0.15, -0.1) is 0 Å². The molecule has 1 fully saturated rings. The lowest BCUT2D eigenvalue weighted by atomic mass is 10.1. The van der Waals surface area contributed by atoms with E-state index in [1.807, 2.05) is 0 Å². The van der Waals surface area contributed by atoms with Crippen molar-refractivity contribution in [2.24, 2.45) is 0 Å². The molecule has 2 rings (SSSR count). The Morgan fingerprint density at radius 1 is 1.35 bits per heavy atom. The first-order valence-corrected chi connectivity index (χ1v) is 5.58. The van der Waals surface area contributed by atoms with Crippen molar-refractivity contribution >= 4 is 23.2 Å². The van der Waals surface area contributed by atoms with Crippen molar-refractivity contribution in [3.63, 3.8) is 0 Å². The number of benzene rings is 1. The summed E-state index contributed by atoms with van der Waals surface area (Å²) in [6.45, 7) is 0.176. The van der Waals surface area contributed by atoms with E-state index in [0.717, 1.165) is 0 Å². The molecule has 0 aromatic heterocycles. The number of nitrogens with two attached hydrogens (primary N) is 1. The fourth-order valence-electron chi connectivity index (χ4n) is 1.86. The van der Waals surface area contributed by atoms with Crippen LogP contribution in [0.1, 0.15) is 10.4 Å². The zero-order chi connectivity index (χ0) is 12.6. The van der Waals surface area contributed by atoms with E-state index >= 15 is 0 Å². The predicted octanol–water partition coefficient (Wildman–Crippen LogP) is 0.0998. The summed E-state index contributed by atoms with van der Waals surface area (Å²) in [7, 11) is 0. The lowest BCUT2D eigenvalue weighted by molar-refractivity contribution is 0.0572. The molecule has 1 saturated heterocycles. The maximum Gasteiger partial charge on any atom is 0.257 e. The van der Waals surface area contributed by atoms with Crippen LogP contribution in [0.5, 0.6) is 0 Å². The molecule has 0 unspecified atom stereocenters. The minimum absolute atomic E-state index is 0.0880. The first kappa shape index (κ1) is 12.2. The van der Waals surface area contributed by atoms with Crippen LogP contribution in [-0.2, 0) is 0 Å². The average Bonchev–Trinajstić information content (AvgIpc) is 2.59. The molecule has 5 nitrogen and oxygen atoms in total. The quantitative estimate of drug-likeness (QED) is 0.622. The summed E-state index contributed by atoms with van der Waals surface area (Å²) in [5, 5.41) is 19.1. The summed E-state index contributed by atoms with van der Waals surface area (Å²) < 4.78 is 0. The number of aliphatic hydroxyl groups is 2. The smallest absolute Gasteiger partial charge is 0.257 e. The van der Waals surface area contributed by atoms with Crippen LogP contribution in [0.3, 0.4) is 0 Å². The number of likely N-dealkylation sites (tertiary alicyclic amines) is 1. The van der Waals surface area contributed by atoms with Crippen molar-refractivity contribution in [1.29, 1.82) is 0 Å². The van der Waals surface area contributed by atoms with Gasteiger partial charge >= 0.3 is 0 Å². The highest BCUT2D eigenvalue weighted by Gasteiger charge is 2.34. The van der Waals surface area contributed by atoms with Gasteiger partial charge in [-0.2, -0.15) is 0 Å². The van der Waals surface area contributed by atoms with Crippen molar-refractivity contribution < 1.29 is 15.0 Å². The molecule has 2 atom stereocenters. The van der Waals surface area contributed by atoms with Crippen LogP contribution in [0, 0.1) is 0 Å². The van der Waals surface area contributed by atoms with E-state index in [1.165, 1.54) is 4.90 Å². The number of nitrogens with zero attached hydrogens (tertiary/aromatic N) is 1. The molecule has 1 heterocycles. The molecule has 0 spiro atoms. The van der Waals surface area contributed by atoms with Crippen LogP contribution in [-0.4, -0.2) is 46.3 Å². The Bertz CT molecular complexity index is 422. The number of anilines is 1. The van der Waals surface area contributed by atoms with E-state index in [-0.39, 0.29) is 29.6 Å². The number of β-amino-alcohol motifs (C(OH)–C–C–N with tert-alkyl or cyclic N) is 2. The third-order valence-electron chi connectivity index (χ3n) is 2.81. The highest BCUT2D eigenvalue weighted by atomic mass is 35.5. The fraction of sp³-hybridized carbons (Fsp3) is 0.364. The molecule has 0 aliphatic carbocycles. The monoisotopic (exact) mass is 256 g/mol. The van der Waals surface area contributed by atoms with Crippen molar-refractivity contribution in [1.82, 2.24) is 4.90 Å². The number of nitrogen functional groups attached to an aromatic ring is 1. The van der Waals surface area contributed by atoms with Crippen LogP contribution in [0.25, 0.3) is 0 Å². The van der Waals surface area contributed by atoms with E-state index in [0.29, 0.717) is 5.69 Å². The zero-order valence-corrected chi connectivity index (χ0v) is 9.76. The summed E-state index contributed by atoms with van der Waals surface area (Å²) in [6, 6.07) is 4.82. The Morgan fingerprint density at radius 3 is 2.47 bits per heavy atom. The van der Waals surface area contributed by atoms with Gasteiger partial charge in [0.2, 0.25) is 0 Å². The number of aliphatic hydroxyl groups excluding tert-OH is 2. The second-order valence-corrected chi connectivity index (χ2v) is 4.46. The van der Waals surface area contributed by atoms with Crippen LogP contribution < -0.4 is 5.73 Å². The van der Waals surface area contributed by atoms with Crippen molar-refractivity contribution in [2.45, 2.75) is 12.2 Å². The number of amides is 1. The minimum atomic E-state index is -0.914. The molecule has 0 saturated carbocycles. The number of carbonyl (C=O) groups excluding carboxylic acids is 1. The molecule has 1 aromatic rings. The summed E-state index contributed by atoms with van der Waals surface area (Å²) in [5.41, 5.74) is 6.21. The molecule has 1 amide bonds. The Labute approximate surface area is 103 Å². The van der Waals surface area contributed by atoms with Crippen molar-refractivity contribution in [2.75, 3.05) is 18.8 Å². The van der Waals surface area contributed by atoms with Gasteiger partial charge in [0.25, 0.3) is 5.91 Å². The number of hydrogen-bond acceptors (Lipinski definition) is 4. The topological polar surface area (TPSA) is 86.8 Å². The second kappa shape index (κ2) is 4.52. The fourth-order valence-corrected chi connectivity index (χ4v) is 2.12. The first-order chi connectivity index (χ1) is 8.00. The SMILES string of the molecule is Nc1cccc(Cl)c1C(=O)N1C[C@@H](O)[C@@H](O)C1. The predicted molar refractivity (Wildman–Crippen MR) is 63.8 cm³/mol. The van der Waals surface area contributed by atoms with E-state index in [4.69, 9.17) is 17.3 Å². The molecule has 0 radical (unpaired) electrons. The summed E-state index contributed by atoms with van der Waals surface area (Å²) in [5.74, 6) is -0.372. The normalized spacial score (nSPS) is 24.1. The molecule has 1 aliphatic rings. The van der Waals surface area contributed by atoms with E-state index in [1.54, 1.807) is 18.2 Å². The van der Waals surface area contributed by atoms with E-state index in [9.17, 15) is 15.0 Å². The number of rotatable bonds is 1. The third-order valence-corrected chi connectivity index (χ3v) is 3.12. The van der Waals surface area contributed by atoms with Gasteiger partial charge in [-0.1, -0.05) is 17.7 Å². The maximum atomic E-state index is 12.1. The molecule has 4 N–H and O–H groups in total. The lowest BCUT2D eigenvalue weighted by Gasteiger charge is -2.17. The van der Waals surface area contributed by atoms with E-state index in [2.05, 4.69) is 0 Å². The summed E-state index contributed by atoms with van der Waals surface area (Å²) in [4.78, 5) is 13.5. The number of hydrogen-bond donors (Lipinski definition) is 3. The van der Waals surface area contributed by atoms with Gasteiger partial charge in [0.05, 0.1) is 22.8 Å². The van der Waals surface area contributed by atoms with Gasteiger partial charge in [-0.05, 0) is 12.1 Å². The second-order valence-electron chi connectivity index (χ2n) is 4.05. The lowest BCUT2D eigenvalue weighted by Crippen LogP contribution is -2.30. The van der Waals surface area contributed by atoms with Crippen LogP contribution >= 0.6 is 11.6 Å². The van der Waals surface area contributed by atoms with Gasteiger partial charge in [0.15, 0.2) is 0 Å². The molecule has 1 aromatic carbocycles. The highest BCUT2D eigenvalue weighted by molar-refractivity contribution is 6.34. The Balaban J connectivity index is 2.27. The van der Waals surface area contributed by atoms with Crippen LogP contribution in [0.2, 0.25) is 5.02 Å². The Morgan fingerprint density at radius 2 is 1.94 bits per heavy atom. The minimum Gasteiger partial charge on any atom is -0.398 e. The van der Waals surface area contributed by atoms with Crippen molar-refractivity contribution in [3.8, 4) is 0 Å². The summed E-state index contributed by atoms with van der Waals surface area (Å²) >= 11 is 5.92. The maximum absolute atomic E-state index is 12.1. The largest absolute Gasteiger partial charge is 0.398 e.